The zero-order valence-electron chi connectivity index (χ0n) is 12.1. The molecule has 3 nitrogen and oxygen atoms in total. The third-order valence-electron chi connectivity index (χ3n) is 3.18. The van der Waals surface area contributed by atoms with Gasteiger partial charge in [0, 0.05) is 5.69 Å². The molecule has 0 radical (unpaired) electrons. The fourth-order valence-corrected chi connectivity index (χ4v) is 2.55. The standard InChI is InChI=1S/C16H16Cl3NO2/c1-21-13-7-3-11(4-8-13)15(16(17,18)19)20-12-5-9-14(22-2)10-6-12/h3-10,15,20H,1-2H3. The van der Waals surface area contributed by atoms with Crippen LogP contribution >= 0.6 is 34.8 Å². The zero-order valence-corrected chi connectivity index (χ0v) is 14.4. The first-order valence-electron chi connectivity index (χ1n) is 6.55. The average molecular weight is 361 g/mol. The summed E-state index contributed by atoms with van der Waals surface area (Å²) in [4.78, 5) is 0. The average Bonchev–Trinajstić information content (AvgIpc) is 2.52. The van der Waals surface area contributed by atoms with Gasteiger partial charge in [-0.25, -0.2) is 0 Å². The van der Waals surface area contributed by atoms with E-state index in [0.717, 1.165) is 22.7 Å². The first-order valence-corrected chi connectivity index (χ1v) is 7.68. The minimum Gasteiger partial charge on any atom is -0.497 e. The van der Waals surface area contributed by atoms with Crippen LogP contribution in [0.3, 0.4) is 0 Å². The van der Waals surface area contributed by atoms with E-state index in [0.29, 0.717) is 0 Å². The molecule has 0 aliphatic rings. The summed E-state index contributed by atoms with van der Waals surface area (Å²) in [5.74, 6) is 1.51. The molecule has 0 fully saturated rings. The Labute approximate surface area is 145 Å². The van der Waals surface area contributed by atoms with Crippen molar-refractivity contribution in [2.45, 2.75) is 9.83 Å². The number of hydrogen-bond acceptors (Lipinski definition) is 3. The summed E-state index contributed by atoms with van der Waals surface area (Å²) in [7, 11) is 3.22. The van der Waals surface area contributed by atoms with Gasteiger partial charge >= 0.3 is 0 Å². The quantitative estimate of drug-likeness (QED) is 0.741. The van der Waals surface area contributed by atoms with Crippen LogP contribution in [-0.4, -0.2) is 18.0 Å². The molecule has 6 heteroatoms. The molecule has 0 aromatic heterocycles. The van der Waals surface area contributed by atoms with Crippen molar-refractivity contribution in [3.8, 4) is 11.5 Å². The Kier molecular flexibility index (Phi) is 5.68. The molecular weight excluding hydrogens is 345 g/mol. The molecule has 0 amide bonds. The van der Waals surface area contributed by atoms with Gasteiger partial charge < -0.3 is 14.8 Å². The first kappa shape index (κ1) is 17.1. The van der Waals surface area contributed by atoms with Gasteiger partial charge in [-0.3, -0.25) is 0 Å². The smallest absolute Gasteiger partial charge is 0.214 e. The van der Waals surface area contributed by atoms with E-state index in [2.05, 4.69) is 5.32 Å². The van der Waals surface area contributed by atoms with Crippen LogP contribution in [0, 0.1) is 0 Å². The highest BCUT2D eigenvalue weighted by atomic mass is 35.6. The Hall–Kier alpha value is -1.29. The molecule has 2 rings (SSSR count). The van der Waals surface area contributed by atoms with Gasteiger partial charge in [0.2, 0.25) is 3.79 Å². The maximum atomic E-state index is 6.13. The molecule has 1 atom stereocenters. The summed E-state index contributed by atoms with van der Waals surface area (Å²) in [5, 5.41) is 3.23. The van der Waals surface area contributed by atoms with Gasteiger partial charge in [-0.15, -0.1) is 0 Å². The molecule has 0 heterocycles. The second-order valence-electron chi connectivity index (χ2n) is 4.62. The predicted molar refractivity (Wildman–Crippen MR) is 92.6 cm³/mol. The van der Waals surface area contributed by atoms with Gasteiger partial charge in [0.1, 0.15) is 11.5 Å². The second-order valence-corrected chi connectivity index (χ2v) is 6.99. The van der Waals surface area contributed by atoms with Gasteiger partial charge in [-0.05, 0) is 42.0 Å². The zero-order chi connectivity index (χ0) is 16.2. The van der Waals surface area contributed by atoms with E-state index >= 15 is 0 Å². The monoisotopic (exact) mass is 359 g/mol. The van der Waals surface area contributed by atoms with Crippen molar-refractivity contribution in [1.29, 1.82) is 0 Å². The highest BCUT2D eigenvalue weighted by Crippen LogP contribution is 2.42. The summed E-state index contributed by atoms with van der Waals surface area (Å²) in [6.45, 7) is 0. The molecule has 118 valence electrons. The van der Waals surface area contributed by atoms with E-state index in [1.165, 1.54) is 0 Å². The van der Waals surface area contributed by atoms with E-state index in [9.17, 15) is 0 Å². The summed E-state index contributed by atoms with van der Waals surface area (Å²) in [6, 6.07) is 14.3. The number of ether oxygens (including phenoxy) is 2. The van der Waals surface area contributed by atoms with Crippen LogP contribution in [0.5, 0.6) is 11.5 Å². The molecule has 0 saturated carbocycles. The topological polar surface area (TPSA) is 30.5 Å². The number of alkyl halides is 3. The van der Waals surface area contributed by atoms with Crippen LogP contribution in [0.4, 0.5) is 5.69 Å². The molecule has 2 aromatic carbocycles. The number of anilines is 1. The molecule has 1 N–H and O–H groups in total. The number of nitrogens with one attached hydrogen (secondary N) is 1. The number of halogens is 3. The Bertz CT molecular complexity index is 594. The largest absolute Gasteiger partial charge is 0.497 e. The number of methoxy groups -OCH3 is 2. The predicted octanol–water partition coefficient (Wildman–Crippen LogP) is 5.23. The minimum absolute atomic E-state index is 0.503. The molecule has 1 unspecified atom stereocenters. The highest BCUT2D eigenvalue weighted by Gasteiger charge is 2.34. The van der Waals surface area contributed by atoms with Crippen LogP contribution < -0.4 is 14.8 Å². The summed E-state index contributed by atoms with van der Waals surface area (Å²) >= 11 is 18.4. The first-order chi connectivity index (χ1) is 10.4. The van der Waals surface area contributed by atoms with Crippen molar-refractivity contribution in [2.75, 3.05) is 19.5 Å². The van der Waals surface area contributed by atoms with Crippen molar-refractivity contribution in [3.05, 3.63) is 54.1 Å². The lowest BCUT2D eigenvalue weighted by atomic mass is 10.1. The third-order valence-corrected chi connectivity index (χ3v) is 3.83. The van der Waals surface area contributed by atoms with Crippen LogP contribution in [0.15, 0.2) is 48.5 Å². The van der Waals surface area contributed by atoms with Crippen molar-refractivity contribution in [3.63, 3.8) is 0 Å². The van der Waals surface area contributed by atoms with E-state index < -0.39 is 9.83 Å². The normalized spacial score (nSPS) is 12.6. The maximum absolute atomic E-state index is 6.13. The van der Waals surface area contributed by atoms with E-state index in [-0.39, 0.29) is 0 Å². The van der Waals surface area contributed by atoms with Gasteiger partial charge in [0.15, 0.2) is 0 Å². The molecule has 0 spiro atoms. The lowest BCUT2D eigenvalue weighted by Crippen LogP contribution is -2.25. The van der Waals surface area contributed by atoms with Gasteiger partial charge in [-0.2, -0.15) is 0 Å². The van der Waals surface area contributed by atoms with Gasteiger partial charge in [-0.1, -0.05) is 46.9 Å². The molecule has 0 aliphatic carbocycles. The van der Waals surface area contributed by atoms with Gasteiger partial charge in [0.25, 0.3) is 0 Å². The van der Waals surface area contributed by atoms with E-state index in [1.807, 2.05) is 48.5 Å². The lowest BCUT2D eigenvalue weighted by molar-refractivity contribution is 0.414. The number of benzene rings is 2. The lowest BCUT2D eigenvalue weighted by Gasteiger charge is -2.27. The summed E-state index contributed by atoms with van der Waals surface area (Å²) < 4.78 is 8.77. The summed E-state index contributed by atoms with van der Waals surface area (Å²) in [5.41, 5.74) is 1.67. The van der Waals surface area contributed by atoms with Crippen molar-refractivity contribution >= 4 is 40.5 Å². The van der Waals surface area contributed by atoms with Crippen LogP contribution in [0.1, 0.15) is 11.6 Å². The fraction of sp³-hybridized carbons (Fsp3) is 0.250. The van der Waals surface area contributed by atoms with Crippen molar-refractivity contribution < 1.29 is 9.47 Å². The van der Waals surface area contributed by atoms with Crippen LogP contribution in [0.2, 0.25) is 0 Å². The van der Waals surface area contributed by atoms with Crippen molar-refractivity contribution in [2.24, 2.45) is 0 Å². The summed E-state index contributed by atoms with van der Waals surface area (Å²) in [6.07, 6.45) is 0. The van der Waals surface area contributed by atoms with Crippen molar-refractivity contribution in [1.82, 2.24) is 0 Å². The van der Waals surface area contributed by atoms with Gasteiger partial charge in [0.05, 0.1) is 20.3 Å². The molecule has 22 heavy (non-hydrogen) atoms. The van der Waals surface area contributed by atoms with E-state index in [4.69, 9.17) is 44.3 Å². The molecule has 0 saturated heterocycles. The Morgan fingerprint density at radius 1 is 0.818 bits per heavy atom. The molecule has 0 bridgehead atoms. The molecular formula is C16H16Cl3NO2. The minimum atomic E-state index is -1.51. The third kappa shape index (κ3) is 4.35. The van der Waals surface area contributed by atoms with Crippen LogP contribution in [-0.2, 0) is 0 Å². The Morgan fingerprint density at radius 2 is 1.27 bits per heavy atom. The Balaban J connectivity index is 2.25. The highest BCUT2D eigenvalue weighted by molar-refractivity contribution is 6.68. The SMILES string of the molecule is COc1ccc(NC(c2ccc(OC)cc2)C(Cl)(Cl)Cl)cc1. The Morgan fingerprint density at radius 3 is 1.68 bits per heavy atom. The van der Waals surface area contributed by atoms with E-state index in [1.54, 1.807) is 14.2 Å². The molecule has 2 aromatic rings. The maximum Gasteiger partial charge on any atom is 0.214 e. The second kappa shape index (κ2) is 7.32. The number of rotatable bonds is 5. The number of hydrogen-bond donors (Lipinski definition) is 1. The van der Waals surface area contributed by atoms with Crippen LogP contribution in [0.25, 0.3) is 0 Å². The molecule has 0 aliphatic heterocycles. The fourth-order valence-electron chi connectivity index (χ4n) is 2.00.